The summed E-state index contributed by atoms with van der Waals surface area (Å²) < 4.78 is 0. The van der Waals surface area contributed by atoms with Gasteiger partial charge in [0.05, 0.1) is 0 Å². The Kier molecular flexibility index (Phi) is 4.39. The van der Waals surface area contributed by atoms with Crippen molar-refractivity contribution in [2.75, 3.05) is 10.6 Å². The molecule has 6 nitrogen and oxygen atoms in total. The van der Waals surface area contributed by atoms with Crippen molar-refractivity contribution in [3.05, 3.63) is 54.4 Å². The summed E-state index contributed by atoms with van der Waals surface area (Å²) >= 11 is 1.32. The van der Waals surface area contributed by atoms with Crippen LogP contribution in [0.2, 0.25) is 0 Å². The molecule has 1 aliphatic carbocycles. The number of rotatable bonds is 4. The van der Waals surface area contributed by atoms with E-state index in [0.29, 0.717) is 11.0 Å². The molecule has 4 rings (SSSR count). The van der Waals surface area contributed by atoms with Gasteiger partial charge in [-0.15, -0.1) is 10.2 Å². The molecule has 1 aromatic carbocycles. The van der Waals surface area contributed by atoms with Crippen molar-refractivity contribution in [2.45, 2.75) is 25.2 Å². The Labute approximate surface area is 149 Å². The zero-order valence-electron chi connectivity index (χ0n) is 13.5. The van der Waals surface area contributed by atoms with Crippen molar-refractivity contribution in [2.24, 2.45) is 0 Å². The lowest BCUT2D eigenvalue weighted by Gasteiger charge is -2.25. The van der Waals surface area contributed by atoms with Crippen LogP contribution < -0.4 is 10.6 Å². The third kappa shape index (κ3) is 3.66. The molecular formula is C18H17N5OS. The lowest BCUT2D eigenvalue weighted by atomic mass is 9.80. The van der Waals surface area contributed by atoms with Gasteiger partial charge in [0, 0.05) is 23.6 Å². The quantitative estimate of drug-likeness (QED) is 0.725. The molecule has 25 heavy (non-hydrogen) atoms. The number of nitrogens with one attached hydrogen (secondary N) is 2. The maximum Gasteiger partial charge on any atom is 0.325 e. The second-order valence-corrected chi connectivity index (χ2v) is 6.95. The van der Waals surface area contributed by atoms with E-state index < -0.39 is 0 Å². The van der Waals surface area contributed by atoms with Crippen molar-refractivity contribution < 1.29 is 4.79 Å². The second kappa shape index (κ2) is 6.98. The van der Waals surface area contributed by atoms with Crippen molar-refractivity contribution in [3.8, 4) is 10.6 Å². The Balaban J connectivity index is 1.36. The Morgan fingerprint density at radius 1 is 1.00 bits per heavy atom. The molecule has 126 valence electrons. The molecule has 2 heterocycles. The van der Waals surface area contributed by atoms with E-state index in [1.54, 1.807) is 12.4 Å². The molecule has 0 bridgehead atoms. The monoisotopic (exact) mass is 351 g/mol. The molecule has 1 saturated carbocycles. The predicted molar refractivity (Wildman–Crippen MR) is 98.8 cm³/mol. The molecule has 7 heteroatoms. The summed E-state index contributed by atoms with van der Waals surface area (Å²) in [7, 11) is 0. The van der Waals surface area contributed by atoms with Gasteiger partial charge in [0.1, 0.15) is 5.01 Å². The largest absolute Gasteiger partial charge is 0.325 e. The van der Waals surface area contributed by atoms with E-state index in [4.69, 9.17) is 0 Å². The number of hydrogen-bond acceptors (Lipinski definition) is 5. The highest BCUT2D eigenvalue weighted by Crippen LogP contribution is 2.36. The van der Waals surface area contributed by atoms with E-state index >= 15 is 0 Å². The number of carbonyl (C=O) groups is 1. The van der Waals surface area contributed by atoms with Crippen LogP contribution in [-0.2, 0) is 0 Å². The van der Waals surface area contributed by atoms with Gasteiger partial charge in [-0.3, -0.25) is 10.3 Å². The molecule has 0 spiro atoms. The van der Waals surface area contributed by atoms with Crippen molar-refractivity contribution in [3.63, 3.8) is 0 Å². The molecule has 0 aliphatic heterocycles. The maximum absolute atomic E-state index is 12.1. The Hall–Kier alpha value is -2.80. The number of hydrogen-bond donors (Lipinski definition) is 2. The van der Waals surface area contributed by atoms with Crippen molar-refractivity contribution >= 4 is 28.2 Å². The molecular weight excluding hydrogens is 334 g/mol. The molecule has 2 aromatic heterocycles. The van der Waals surface area contributed by atoms with Crippen LogP contribution in [0.4, 0.5) is 15.6 Å². The minimum Gasteiger partial charge on any atom is -0.308 e. The summed E-state index contributed by atoms with van der Waals surface area (Å²) in [6.45, 7) is 0. The fraction of sp³-hybridized carbons (Fsp3) is 0.222. The van der Waals surface area contributed by atoms with Gasteiger partial charge in [0.25, 0.3) is 0 Å². The summed E-state index contributed by atoms with van der Waals surface area (Å²) in [4.78, 5) is 16.1. The molecule has 0 unspecified atom stereocenters. The number of pyridine rings is 1. The first-order valence-electron chi connectivity index (χ1n) is 8.20. The smallest absolute Gasteiger partial charge is 0.308 e. The van der Waals surface area contributed by atoms with Crippen LogP contribution in [0.3, 0.4) is 0 Å². The van der Waals surface area contributed by atoms with E-state index in [2.05, 4.69) is 37.9 Å². The predicted octanol–water partition coefficient (Wildman–Crippen LogP) is 4.51. The highest BCUT2D eigenvalue weighted by molar-refractivity contribution is 7.18. The molecule has 1 fully saturated rings. The van der Waals surface area contributed by atoms with Crippen LogP contribution in [0.5, 0.6) is 0 Å². The van der Waals surface area contributed by atoms with Crippen LogP contribution >= 0.6 is 11.3 Å². The van der Waals surface area contributed by atoms with Gasteiger partial charge in [-0.2, -0.15) is 0 Å². The van der Waals surface area contributed by atoms with Crippen LogP contribution in [0, 0.1) is 0 Å². The Morgan fingerprint density at radius 3 is 2.44 bits per heavy atom. The first-order valence-corrected chi connectivity index (χ1v) is 9.01. The fourth-order valence-electron chi connectivity index (χ4n) is 2.72. The fourth-order valence-corrected chi connectivity index (χ4v) is 3.47. The summed E-state index contributed by atoms with van der Waals surface area (Å²) in [6, 6.07) is 11.4. The lowest BCUT2D eigenvalue weighted by Crippen LogP contribution is -2.19. The summed E-state index contributed by atoms with van der Waals surface area (Å²) in [5.41, 5.74) is 3.04. The third-order valence-corrected chi connectivity index (χ3v) is 5.21. The number of aromatic nitrogens is 3. The molecule has 0 atom stereocenters. The van der Waals surface area contributed by atoms with Crippen LogP contribution in [0.25, 0.3) is 10.6 Å². The molecule has 1 aliphatic rings. The normalized spacial score (nSPS) is 13.9. The molecule has 3 aromatic rings. The van der Waals surface area contributed by atoms with Gasteiger partial charge >= 0.3 is 6.03 Å². The zero-order valence-corrected chi connectivity index (χ0v) is 14.3. The van der Waals surface area contributed by atoms with Crippen LogP contribution in [0.15, 0.2) is 48.8 Å². The number of urea groups is 1. The SMILES string of the molecule is O=C(Nc1ccc(C2CCC2)cc1)Nc1nnc(-c2ccncc2)s1. The van der Waals surface area contributed by atoms with Crippen molar-refractivity contribution in [1.82, 2.24) is 15.2 Å². The van der Waals surface area contributed by atoms with E-state index in [1.165, 1.54) is 36.2 Å². The first-order chi connectivity index (χ1) is 12.3. The van der Waals surface area contributed by atoms with Gasteiger partial charge in [-0.1, -0.05) is 29.9 Å². The van der Waals surface area contributed by atoms with Gasteiger partial charge in [-0.25, -0.2) is 4.79 Å². The standard InChI is InChI=1S/C18H17N5OS/c24-17(20-15-6-4-13(5-7-15)12-2-1-3-12)21-18-23-22-16(25-18)14-8-10-19-11-9-14/h4-12H,1-3H2,(H2,20,21,23,24). The molecule has 0 saturated heterocycles. The van der Waals surface area contributed by atoms with Crippen molar-refractivity contribution in [1.29, 1.82) is 0 Å². The van der Waals surface area contributed by atoms with Crippen LogP contribution in [0.1, 0.15) is 30.7 Å². The summed E-state index contributed by atoms with van der Waals surface area (Å²) in [5, 5.41) is 14.8. The average molecular weight is 351 g/mol. The van der Waals surface area contributed by atoms with Gasteiger partial charge in [0.15, 0.2) is 0 Å². The highest BCUT2D eigenvalue weighted by Gasteiger charge is 2.19. The number of nitrogens with zero attached hydrogens (tertiary/aromatic N) is 3. The summed E-state index contributed by atoms with van der Waals surface area (Å²) in [5.74, 6) is 0.691. The van der Waals surface area contributed by atoms with Gasteiger partial charge in [0.2, 0.25) is 5.13 Å². The van der Waals surface area contributed by atoms with E-state index in [9.17, 15) is 4.79 Å². The Morgan fingerprint density at radius 2 is 1.76 bits per heavy atom. The molecule has 0 radical (unpaired) electrons. The number of carbonyl (C=O) groups excluding carboxylic acids is 1. The Bertz CT molecular complexity index is 859. The third-order valence-electron chi connectivity index (χ3n) is 4.32. The first kappa shape index (κ1) is 15.7. The van der Waals surface area contributed by atoms with E-state index in [0.717, 1.165) is 16.3 Å². The molecule has 2 amide bonds. The zero-order chi connectivity index (χ0) is 17.1. The maximum atomic E-state index is 12.1. The van der Waals surface area contributed by atoms with E-state index in [-0.39, 0.29) is 6.03 Å². The average Bonchev–Trinajstić information content (AvgIpc) is 3.04. The highest BCUT2D eigenvalue weighted by atomic mass is 32.1. The number of anilines is 2. The minimum absolute atomic E-state index is 0.325. The minimum atomic E-state index is -0.325. The van der Waals surface area contributed by atoms with Crippen LogP contribution in [-0.4, -0.2) is 21.2 Å². The molecule has 2 N–H and O–H groups in total. The number of benzene rings is 1. The summed E-state index contributed by atoms with van der Waals surface area (Å²) in [6.07, 6.45) is 7.25. The lowest BCUT2D eigenvalue weighted by molar-refractivity contribution is 0.262. The topological polar surface area (TPSA) is 79.8 Å². The van der Waals surface area contributed by atoms with Gasteiger partial charge in [-0.05, 0) is 48.6 Å². The van der Waals surface area contributed by atoms with Gasteiger partial charge < -0.3 is 5.32 Å². The van der Waals surface area contributed by atoms with E-state index in [1.807, 2.05) is 24.3 Å². The number of amides is 2. The second-order valence-electron chi connectivity index (χ2n) is 5.98.